The number of hydrogen-bond donors (Lipinski definition) is 0. The number of carbonyl (C=O) groups is 1. The molecule has 0 aliphatic rings. The molecule has 2 aromatic rings. The Morgan fingerprint density at radius 2 is 2.16 bits per heavy atom. The Morgan fingerprint density at radius 3 is 2.79 bits per heavy atom. The summed E-state index contributed by atoms with van der Waals surface area (Å²) in [6, 6.07) is 7.33. The van der Waals surface area contributed by atoms with Crippen LogP contribution in [0.1, 0.15) is 22.8 Å². The van der Waals surface area contributed by atoms with E-state index in [2.05, 4.69) is 11.4 Å². The van der Waals surface area contributed by atoms with Gasteiger partial charge in [-0.25, -0.2) is 0 Å². The molecule has 1 heterocycles. The maximum atomic E-state index is 11.5. The fourth-order valence-corrected chi connectivity index (χ4v) is 2.46. The van der Waals surface area contributed by atoms with Gasteiger partial charge in [-0.3, -0.25) is 4.79 Å². The highest BCUT2D eigenvalue weighted by molar-refractivity contribution is 7.07. The lowest BCUT2D eigenvalue weighted by Gasteiger charge is -2.11. The summed E-state index contributed by atoms with van der Waals surface area (Å²) >= 11 is 1.67. The molecule has 0 N–H and O–H groups in total. The fourth-order valence-electron chi connectivity index (χ4n) is 1.75. The highest BCUT2D eigenvalue weighted by Crippen LogP contribution is 2.25. The van der Waals surface area contributed by atoms with E-state index in [4.69, 9.17) is 9.47 Å². The third-order valence-electron chi connectivity index (χ3n) is 2.80. The van der Waals surface area contributed by atoms with Crippen LogP contribution in [0.4, 0.5) is 0 Å². The molecule has 0 spiro atoms. The predicted octanol–water partition coefficient (Wildman–Crippen LogP) is 3.58. The maximum absolute atomic E-state index is 11.5. The number of hydrogen-bond acceptors (Lipinski definition) is 4. The Labute approximate surface area is 116 Å². The van der Waals surface area contributed by atoms with Gasteiger partial charge in [0.05, 0.1) is 19.3 Å². The van der Waals surface area contributed by atoms with E-state index in [0.717, 1.165) is 6.42 Å². The molecule has 1 aromatic heterocycles. The molecule has 0 unspecified atom stereocenters. The molecule has 0 saturated carbocycles. The Bertz CT molecular complexity index is 547. The molecular formula is C15H16O3S. The van der Waals surface area contributed by atoms with Crippen molar-refractivity contribution in [3.8, 4) is 11.5 Å². The number of ether oxygens (including phenoxy) is 2. The van der Waals surface area contributed by atoms with E-state index in [9.17, 15) is 4.79 Å². The molecule has 0 bridgehead atoms. The van der Waals surface area contributed by atoms with E-state index in [1.165, 1.54) is 12.5 Å². The smallest absolute Gasteiger partial charge is 0.163 e. The van der Waals surface area contributed by atoms with E-state index in [1.807, 2.05) is 5.38 Å². The summed E-state index contributed by atoms with van der Waals surface area (Å²) < 4.78 is 10.9. The van der Waals surface area contributed by atoms with E-state index < -0.39 is 0 Å². The Hall–Kier alpha value is -1.81. The summed E-state index contributed by atoms with van der Waals surface area (Å²) in [6.07, 6.45) is 0.831. The second-order valence-electron chi connectivity index (χ2n) is 4.15. The molecule has 4 heteroatoms. The van der Waals surface area contributed by atoms with Crippen LogP contribution >= 0.6 is 11.3 Å². The topological polar surface area (TPSA) is 35.5 Å². The second kappa shape index (κ2) is 6.38. The number of ketones is 1. The number of thiophene rings is 1. The molecule has 100 valence electrons. The van der Waals surface area contributed by atoms with Crippen LogP contribution in [0.2, 0.25) is 0 Å². The van der Waals surface area contributed by atoms with Crippen molar-refractivity contribution in [3.05, 3.63) is 46.2 Å². The molecule has 19 heavy (non-hydrogen) atoms. The number of methoxy groups -OCH3 is 1. The molecule has 0 radical (unpaired) electrons. The first-order valence-corrected chi connectivity index (χ1v) is 6.98. The van der Waals surface area contributed by atoms with Crippen molar-refractivity contribution in [2.24, 2.45) is 0 Å². The SMILES string of the molecule is COc1ccc(C(C)=O)c(OCCc2ccsc2)c1. The first-order valence-electron chi connectivity index (χ1n) is 6.03. The van der Waals surface area contributed by atoms with E-state index in [0.29, 0.717) is 23.7 Å². The molecule has 0 aliphatic heterocycles. The van der Waals surface area contributed by atoms with Crippen LogP contribution in [0, 0.1) is 0 Å². The molecular weight excluding hydrogens is 260 g/mol. The molecule has 0 amide bonds. The van der Waals surface area contributed by atoms with Gasteiger partial charge in [0.2, 0.25) is 0 Å². The van der Waals surface area contributed by atoms with Crippen LogP contribution in [-0.4, -0.2) is 19.5 Å². The lowest BCUT2D eigenvalue weighted by molar-refractivity contribution is 0.101. The number of carbonyl (C=O) groups excluding carboxylic acids is 1. The zero-order chi connectivity index (χ0) is 13.7. The molecule has 0 aliphatic carbocycles. The van der Waals surface area contributed by atoms with E-state index >= 15 is 0 Å². The van der Waals surface area contributed by atoms with Gasteiger partial charge in [0, 0.05) is 12.5 Å². The zero-order valence-electron chi connectivity index (χ0n) is 11.0. The van der Waals surface area contributed by atoms with E-state index in [1.54, 1.807) is 36.6 Å². The van der Waals surface area contributed by atoms with Crippen LogP contribution in [0.5, 0.6) is 11.5 Å². The Balaban J connectivity index is 2.06. The third kappa shape index (κ3) is 3.58. The van der Waals surface area contributed by atoms with Gasteiger partial charge in [0.1, 0.15) is 11.5 Å². The van der Waals surface area contributed by atoms with Crippen LogP contribution < -0.4 is 9.47 Å². The quantitative estimate of drug-likeness (QED) is 0.756. The molecule has 0 atom stereocenters. The van der Waals surface area contributed by atoms with Gasteiger partial charge < -0.3 is 9.47 Å². The normalized spacial score (nSPS) is 10.2. The summed E-state index contributed by atoms with van der Waals surface area (Å²) in [5, 5.41) is 4.14. The number of Topliss-reactive ketones (excluding diaryl/α,β-unsaturated/α-hetero) is 1. The van der Waals surface area contributed by atoms with Crippen molar-refractivity contribution >= 4 is 17.1 Å². The van der Waals surface area contributed by atoms with Crippen LogP contribution in [-0.2, 0) is 6.42 Å². The van der Waals surface area contributed by atoms with Crippen molar-refractivity contribution in [3.63, 3.8) is 0 Å². The van der Waals surface area contributed by atoms with Gasteiger partial charge in [-0.15, -0.1) is 0 Å². The standard InChI is InChI=1S/C15H16O3S/c1-11(16)14-4-3-13(17-2)9-15(14)18-7-5-12-6-8-19-10-12/h3-4,6,8-10H,5,7H2,1-2H3. The highest BCUT2D eigenvalue weighted by Gasteiger charge is 2.10. The molecule has 0 fully saturated rings. The van der Waals surface area contributed by atoms with Crippen LogP contribution in [0.3, 0.4) is 0 Å². The Morgan fingerprint density at radius 1 is 1.32 bits per heavy atom. The number of benzene rings is 1. The minimum atomic E-state index is -0.00631. The van der Waals surface area contributed by atoms with Crippen LogP contribution in [0.15, 0.2) is 35.0 Å². The predicted molar refractivity (Wildman–Crippen MR) is 76.5 cm³/mol. The average Bonchev–Trinajstić information content (AvgIpc) is 2.91. The number of rotatable bonds is 6. The maximum Gasteiger partial charge on any atom is 0.163 e. The van der Waals surface area contributed by atoms with Gasteiger partial charge in [-0.2, -0.15) is 11.3 Å². The average molecular weight is 276 g/mol. The zero-order valence-corrected chi connectivity index (χ0v) is 11.8. The molecule has 3 nitrogen and oxygen atoms in total. The van der Waals surface area contributed by atoms with Crippen molar-refractivity contribution in [2.45, 2.75) is 13.3 Å². The highest BCUT2D eigenvalue weighted by atomic mass is 32.1. The van der Waals surface area contributed by atoms with Crippen LogP contribution in [0.25, 0.3) is 0 Å². The van der Waals surface area contributed by atoms with Crippen molar-refractivity contribution in [1.82, 2.24) is 0 Å². The second-order valence-corrected chi connectivity index (χ2v) is 4.93. The van der Waals surface area contributed by atoms with Gasteiger partial charge in [-0.1, -0.05) is 0 Å². The fraction of sp³-hybridized carbons (Fsp3) is 0.267. The summed E-state index contributed by atoms with van der Waals surface area (Å²) in [4.78, 5) is 11.5. The summed E-state index contributed by atoms with van der Waals surface area (Å²) in [6.45, 7) is 2.08. The molecule has 2 rings (SSSR count). The monoisotopic (exact) mass is 276 g/mol. The minimum Gasteiger partial charge on any atom is -0.497 e. The van der Waals surface area contributed by atoms with Gasteiger partial charge in [-0.05, 0) is 41.4 Å². The van der Waals surface area contributed by atoms with Gasteiger partial charge in [0.15, 0.2) is 5.78 Å². The lowest BCUT2D eigenvalue weighted by atomic mass is 10.1. The van der Waals surface area contributed by atoms with Crippen molar-refractivity contribution in [1.29, 1.82) is 0 Å². The minimum absolute atomic E-state index is 0.00631. The van der Waals surface area contributed by atoms with Gasteiger partial charge >= 0.3 is 0 Å². The molecule has 1 aromatic carbocycles. The van der Waals surface area contributed by atoms with Crippen molar-refractivity contribution < 1.29 is 14.3 Å². The van der Waals surface area contributed by atoms with E-state index in [-0.39, 0.29) is 5.78 Å². The lowest BCUT2D eigenvalue weighted by Crippen LogP contribution is -2.05. The van der Waals surface area contributed by atoms with Gasteiger partial charge in [0.25, 0.3) is 0 Å². The first kappa shape index (κ1) is 13.6. The summed E-state index contributed by atoms with van der Waals surface area (Å²) in [5.74, 6) is 1.27. The van der Waals surface area contributed by atoms with Crippen molar-refractivity contribution in [2.75, 3.05) is 13.7 Å². The molecule has 0 saturated heterocycles. The summed E-state index contributed by atoms with van der Waals surface area (Å²) in [7, 11) is 1.60. The largest absolute Gasteiger partial charge is 0.497 e. The third-order valence-corrected chi connectivity index (χ3v) is 3.53. The Kier molecular flexibility index (Phi) is 4.58. The first-order chi connectivity index (χ1) is 9.20. The summed E-state index contributed by atoms with van der Waals surface area (Å²) in [5.41, 5.74) is 1.84.